The molecule has 112 valence electrons. The molecule has 1 atom stereocenters. The van der Waals surface area contributed by atoms with Gasteiger partial charge >= 0.3 is 0 Å². The first-order chi connectivity index (χ1) is 9.74. The van der Waals surface area contributed by atoms with E-state index < -0.39 is 0 Å². The Bertz CT molecular complexity index is 400. The fourth-order valence-corrected chi connectivity index (χ4v) is 3.51. The molecule has 0 aliphatic heterocycles. The van der Waals surface area contributed by atoms with E-state index in [1.54, 1.807) is 12.1 Å². The zero-order chi connectivity index (χ0) is 14.4. The molecular weight excluding hydrogens is 251 g/mol. The Morgan fingerprint density at radius 2 is 2.05 bits per heavy atom. The minimum Gasteiger partial charge on any atom is -0.271 e. The molecule has 0 aromatic heterocycles. The fourth-order valence-electron chi connectivity index (χ4n) is 3.51. The van der Waals surface area contributed by atoms with Crippen molar-refractivity contribution in [1.82, 2.24) is 5.43 Å². The van der Waals surface area contributed by atoms with E-state index in [1.165, 1.54) is 51.0 Å². The van der Waals surface area contributed by atoms with E-state index in [4.69, 9.17) is 5.84 Å². The summed E-state index contributed by atoms with van der Waals surface area (Å²) in [6, 6.07) is 6.91. The Labute approximate surface area is 121 Å². The topological polar surface area (TPSA) is 38.0 Å². The quantitative estimate of drug-likeness (QED) is 0.600. The summed E-state index contributed by atoms with van der Waals surface area (Å²) >= 11 is 0. The summed E-state index contributed by atoms with van der Waals surface area (Å²) in [5, 5.41) is 0. The van der Waals surface area contributed by atoms with Gasteiger partial charge in [0, 0.05) is 6.04 Å². The minimum absolute atomic E-state index is 0.0813. The molecule has 1 aliphatic carbocycles. The van der Waals surface area contributed by atoms with Gasteiger partial charge in [0.1, 0.15) is 5.82 Å². The van der Waals surface area contributed by atoms with E-state index in [0.717, 1.165) is 11.5 Å². The summed E-state index contributed by atoms with van der Waals surface area (Å²) in [4.78, 5) is 0. The Morgan fingerprint density at radius 1 is 1.30 bits per heavy atom. The van der Waals surface area contributed by atoms with Gasteiger partial charge in [0.25, 0.3) is 0 Å². The second kappa shape index (κ2) is 7.75. The molecule has 0 amide bonds. The molecule has 0 heterocycles. The third-order valence-electron chi connectivity index (χ3n) is 4.72. The number of unbranched alkanes of at least 4 members (excludes halogenated alkanes) is 1. The highest BCUT2D eigenvalue weighted by molar-refractivity contribution is 5.21. The Morgan fingerprint density at radius 3 is 2.65 bits per heavy atom. The molecule has 3 heteroatoms. The van der Waals surface area contributed by atoms with E-state index in [9.17, 15) is 4.39 Å². The first-order valence-electron chi connectivity index (χ1n) is 7.96. The van der Waals surface area contributed by atoms with Gasteiger partial charge in [-0.2, -0.15) is 0 Å². The normalized spacial score (nSPS) is 24.6. The number of hydrazine groups is 1. The number of hydrogen-bond acceptors (Lipinski definition) is 2. The summed E-state index contributed by atoms with van der Waals surface area (Å²) in [5.41, 5.74) is 3.88. The van der Waals surface area contributed by atoms with Crippen LogP contribution in [0.3, 0.4) is 0 Å². The number of halogens is 1. The summed E-state index contributed by atoms with van der Waals surface area (Å²) < 4.78 is 13.4. The molecule has 1 fully saturated rings. The second-order valence-corrected chi connectivity index (χ2v) is 6.12. The summed E-state index contributed by atoms with van der Waals surface area (Å²) in [6.07, 6.45) is 8.97. The third-order valence-corrected chi connectivity index (χ3v) is 4.72. The van der Waals surface area contributed by atoms with Crippen LogP contribution in [0.2, 0.25) is 0 Å². The van der Waals surface area contributed by atoms with Crippen molar-refractivity contribution in [2.45, 2.75) is 57.9 Å². The van der Waals surface area contributed by atoms with Crippen LogP contribution in [0.1, 0.15) is 63.5 Å². The lowest BCUT2D eigenvalue weighted by Crippen LogP contribution is -2.35. The van der Waals surface area contributed by atoms with E-state index in [2.05, 4.69) is 12.3 Å². The molecule has 1 unspecified atom stereocenters. The lowest BCUT2D eigenvalue weighted by molar-refractivity contribution is 0.213. The van der Waals surface area contributed by atoms with Crippen LogP contribution in [0.25, 0.3) is 0 Å². The standard InChI is InChI=1S/C17H27FN2/c1-2-3-5-13-8-10-14(11-9-13)17(20-19)15-6-4-7-16(18)12-15/h4,6-7,12-14,17,20H,2-3,5,8-11,19H2,1H3. The molecule has 0 radical (unpaired) electrons. The van der Waals surface area contributed by atoms with Crippen molar-refractivity contribution in [3.8, 4) is 0 Å². The first-order valence-corrected chi connectivity index (χ1v) is 7.96. The maximum atomic E-state index is 13.4. The molecule has 1 aliphatic rings. The summed E-state index contributed by atoms with van der Waals surface area (Å²) in [5.74, 6) is 6.96. The van der Waals surface area contributed by atoms with Gasteiger partial charge in [0.2, 0.25) is 0 Å². The lowest BCUT2D eigenvalue weighted by Gasteiger charge is -2.34. The van der Waals surface area contributed by atoms with Crippen LogP contribution in [0.15, 0.2) is 24.3 Å². The van der Waals surface area contributed by atoms with Crippen molar-refractivity contribution in [2.24, 2.45) is 17.7 Å². The zero-order valence-corrected chi connectivity index (χ0v) is 12.4. The SMILES string of the molecule is CCCCC1CCC(C(NN)c2cccc(F)c2)CC1. The third kappa shape index (κ3) is 4.03. The van der Waals surface area contributed by atoms with Crippen molar-refractivity contribution >= 4 is 0 Å². The predicted octanol–water partition coefficient (Wildman–Crippen LogP) is 4.33. The van der Waals surface area contributed by atoms with Crippen LogP contribution < -0.4 is 11.3 Å². The van der Waals surface area contributed by atoms with E-state index in [-0.39, 0.29) is 11.9 Å². The zero-order valence-electron chi connectivity index (χ0n) is 12.4. The van der Waals surface area contributed by atoms with E-state index in [1.807, 2.05) is 6.07 Å². The van der Waals surface area contributed by atoms with Crippen LogP contribution in [0.4, 0.5) is 4.39 Å². The van der Waals surface area contributed by atoms with Crippen molar-refractivity contribution in [1.29, 1.82) is 0 Å². The van der Waals surface area contributed by atoms with Gasteiger partial charge in [-0.25, -0.2) is 4.39 Å². The molecule has 20 heavy (non-hydrogen) atoms. The molecule has 1 saturated carbocycles. The van der Waals surface area contributed by atoms with Gasteiger partial charge in [-0.1, -0.05) is 51.2 Å². The average Bonchev–Trinajstić information content (AvgIpc) is 2.47. The smallest absolute Gasteiger partial charge is 0.123 e. The number of benzene rings is 1. The van der Waals surface area contributed by atoms with Crippen LogP contribution >= 0.6 is 0 Å². The molecule has 2 nitrogen and oxygen atoms in total. The number of hydrogen-bond donors (Lipinski definition) is 2. The largest absolute Gasteiger partial charge is 0.271 e. The van der Waals surface area contributed by atoms with Crippen LogP contribution in [-0.2, 0) is 0 Å². The molecule has 0 spiro atoms. The van der Waals surface area contributed by atoms with E-state index >= 15 is 0 Å². The predicted molar refractivity (Wildman–Crippen MR) is 81.4 cm³/mol. The average molecular weight is 278 g/mol. The molecular formula is C17H27FN2. The summed E-state index contributed by atoms with van der Waals surface area (Å²) in [6.45, 7) is 2.25. The monoisotopic (exact) mass is 278 g/mol. The number of nitrogens with two attached hydrogens (primary N) is 1. The maximum absolute atomic E-state index is 13.4. The first kappa shape index (κ1) is 15.5. The van der Waals surface area contributed by atoms with Crippen molar-refractivity contribution in [3.05, 3.63) is 35.6 Å². The van der Waals surface area contributed by atoms with Gasteiger partial charge in [-0.3, -0.25) is 11.3 Å². The fraction of sp³-hybridized carbons (Fsp3) is 0.647. The van der Waals surface area contributed by atoms with Gasteiger partial charge in [-0.15, -0.1) is 0 Å². The van der Waals surface area contributed by atoms with Gasteiger partial charge in [0.05, 0.1) is 0 Å². The molecule has 3 N–H and O–H groups in total. The van der Waals surface area contributed by atoms with E-state index in [0.29, 0.717) is 5.92 Å². The second-order valence-electron chi connectivity index (χ2n) is 6.12. The van der Waals surface area contributed by atoms with Gasteiger partial charge < -0.3 is 0 Å². The summed E-state index contributed by atoms with van der Waals surface area (Å²) in [7, 11) is 0. The Hall–Kier alpha value is -0.930. The van der Waals surface area contributed by atoms with Crippen molar-refractivity contribution in [3.63, 3.8) is 0 Å². The van der Waals surface area contributed by atoms with Crippen LogP contribution in [0, 0.1) is 17.7 Å². The highest BCUT2D eigenvalue weighted by Gasteiger charge is 2.27. The maximum Gasteiger partial charge on any atom is 0.123 e. The highest BCUT2D eigenvalue weighted by Crippen LogP contribution is 2.38. The molecule has 1 aromatic rings. The molecule has 0 bridgehead atoms. The van der Waals surface area contributed by atoms with Gasteiger partial charge in [-0.05, 0) is 42.4 Å². The molecule has 1 aromatic carbocycles. The van der Waals surface area contributed by atoms with Crippen molar-refractivity contribution in [2.75, 3.05) is 0 Å². The number of nitrogens with one attached hydrogen (secondary N) is 1. The Balaban J connectivity index is 1.93. The lowest BCUT2D eigenvalue weighted by atomic mass is 9.75. The van der Waals surface area contributed by atoms with Crippen LogP contribution in [-0.4, -0.2) is 0 Å². The van der Waals surface area contributed by atoms with Crippen molar-refractivity contribution < 1.29 is 4.39 Å². The number of rotatable bonds is 6. The highest BCUT2D eigenvalue weighted by atomic mass is 19.1. The molecule has 2 rings (SSSR count). The minimum atomic E-state index is -0.181. The molecule has 0 saturated heterocycles. The Kier molecular flexibility index (Phi) is 5.99. The van der Waals surface area contributed by atoms with Gasteiger partial charge in [0.15, 0.2) is 0 Å². The van der Waals surface area contributed by atoms with Crippen LogP contribution in [0.5, 0.6) is 0 Å².